The fraction of sp³-hybridized carbons (Fsp3) is 0. The molecule has 0 aliphatic rings. The number of benzene rings is 3. The Kier molecular flexibility index (Phi) is 6.53. The van der Waals surface area contributed by atoms with Gasteiger partial charge in [-0.2, -0.15) is 0 Å². The zero-order valence-electron chi connectivity index (χ0n) is 24.7. The fourth-order valence-electron chi connectivity index (χ4n) is 6.26. The van der Waals surface area contributed by atoms with Crippen molar-refractivity contribution in [3.05, 3.63) is 165 Å². The summed E-state index contributed by atoms with van der Waals surface area (Å²) in [5, 5.41) is 3.41. The molecule has 6 nitrogen and oxygen atoms in total. The van der Waals surface area contributed by atoms with Gasteiger partial charge in [0, 0.05) is 0 Å². The van der Waals surface area contributed by atoms with Gasteiger partial charge in [-0.05, 0) is 0 Å². The van der Waals surface area contributed by atoms with E-state index in [-0.39, 0.29) is 0 Å². The molecular formula is C39H27N6Sb. The third kappa shape index (κ3) is 4.61. The van der Waals surface area contributed by atoms with Crippen LogP contribution in [0.15, 0.2) is 165 Å². The molecule has 0 saturated heterocycles. The van der Waals surface area contributed by atoms with E-state index in [2.05, 4.69) is 156 Å². The molecule has 218 valence electrons. The van der Waals surface area contributed by atoms with Crippen molar-refractivity contribution in [2.45, 2.75) is 0 Å². The molecule has 3 aromatic carbocycles. The van der Waals surface area contributed by atoms with E-state index in [1.165, 1.54) is 10.5 Å². The van der Waals surface area contributed by atoms with Crippen LogP contribution in [0.25, 0.3) is 50.2 Å². The summed E-state index contributed by atoms with van der Waals surface area (Å²) in [5.74, 6) is 0. The van der Waals surface area contributed by atoms with Crippen LogP contribution in [-0.2, 0) is 0 Å². The SMILES string of the molecule is c1cnc2c(c1)ccn2-c1cc[c]([Sb]([c]2ccc(-n3ccc4cccnc43)cc2)[c]2ccc(-n3ccc4cccnc43)cc2)cc1. The Balaban J connectivity index is 1.11. The molecule has 46 heavy (non-hydrogen) atoms. The molecule has 6 aromatic heterocycles. The molecule has 0 spiro atoms. The fourth-order valence-corrected chi connectivity index (χ4v) is 12.6. The van der Waals surface area contributed by atoms with E-state index in [0.29, 0.717) is 0 Å². The van der Waals surface area contributed by atoms with E-state index in [1.807, 2.05) is 36.8 Å². The van der Waals surface area contributed by atoms with Gasteiger partial charge in [-0.3, -0.25) is 0 Å². The number of fused-ring (bicyclic) bond motifs is 3. The molecular weight excluding hydrogens is 674 g/mol. The van der Waals surface area contributed by atoms with Crippen molar-refractivity contribution in [1.82, 2.24) is 28.7 Å². The molecule has 0 amide bonds. The van der Waals surface area contributed by atoms with Gasteiger partial charge in [0.25, 0.3) is 0 Å². The summed E-state index contributed by atoms with van der Waals surface area (Å²) in [4.78, 5) is 13.9. The monoisotopic (exact) mass is 700 g/mol. The van der Waals surface area contributed by atoms with Gasteiger partial charge in [-0.25, -0.2) is 0 Å². The third-order valence-corrected chi connectivity index (χ3v) is 15.5. The van der Waals surface area contributed by atoms with Crippen LogP contribution in [-0.4, -0.2) is 48.9 Å². The van der Waals surface area contributed by atoms with Crippen LogP contribution in [0, 0.1) is 0 Å². The molecule has 0 unspecified atom stereocenters. The van der Waals surface area contributed by atoms with Gasteiger partial charge in [-0.15, -0.1) is 0 Å². The van der Waals surface area contributed by atoms with Gasteiger partial charge in [0.1, 0.15) is 0 Å². The van der Waals surface area contributed by atoms with Gasteiger partial charge >= 0.3 is 274 Å². The Labute approximate surface area is 272 Å². The Hall–Kier alpha value is -5.45. The van der Waals surface area contributed by atoms with E-state index in [9.17, 15) is 0 Å². The normalized spacial score (nSPS) is 11.7. The average Bonchev–Trinajstić information content (AvgIpc) is 3.87. The van der Waals surface area contributed by atoms with Gasteiger partial charge in [-0.1, -0.05) is 0 Å². The van der Waals surface area contributed by atoms with Crippen LogP contribution in [0.4, 0.5) is 0 Å². The van der Waals surface area contributed by atoms with Crippen LogP contribution < -0.4 is 10.5 Å². The number of aromatic nitrogens is 6. The molecule has 0 N–H and O–H groups in total. The molecule has 9 aromatic rings. The van der Waals surface area contributed by atoms with E-state index in [4.69, 9.17) is 0 Å². The number of hydrogen-bond donors (Lipinski definition) is 0. The van der Waals surface area contributed by atoms with E-state index in [0.717, 1.165) is 50.2 Å². The van der Waals surface area contributed by atoms with Crippen LogP contribution in [0.3, 0.4) is 0 Å². The van der Waals surface area contributed by atoms with Gasteiger partial charge in [0.2, 0.25) is 0 Å². The van der Waals surface area contributed by atoms with Gasteiger partial charge in [0.15, 0.2) is 0 Å². The number of nitrogens with zero attached hydrogens (tertiary/aromatic N) is 6. The topological polar surface area (TPSA) is 53.5 Å². The summed E-state index contributed by atoms with van der Waals surface area (Å²) < 4.78 is 10.7. The summed E-state index contributed by atoms with van der Waals surface area (Å²) in [6.45, 7) is 0. The zero-order chi connectivity index (χ0) is 30.5. The first-order valence-corrected chi connectivity index (χ1v) is 19.0. The van der Waals surface area contributed by atoms with Crippen molar-refractivity contribution in [2.24, 2.45) is 0 Å². The Bertz CT molecular complexity index is 2190. The van der Waals surface area contributed by atoms with E-state index in [1.54, 1.807) is 0 Å². The summed E-state index contributed by atoms with van der Waals surface area (Å²) >= 11 is -2.43. The maximum atomic E-state index is 4.63. The minimum atomic E-state index is -2.43. The summed E-state index contributed by atoms with van der Waals surface area (Å²) in [6.07, 6.45) is 11.9. The molecule has 0 atom stereocenters. The first-order chi connectivity index (χ1) is 22.8. The zero-order valence-corrected chi connectivity index (χ0v) is 27.3. The van der Waals surface area contributed by atoms with Crippen LogP contribution in [0.1, 0.15) is 0 Å². The second kappa shape index (κ2) is 11.2. The van der Waals surface area contributed by atoms with Gasteiger partial charge in [0.05, 0.1) is 0 Å². The van der Waals surface area contributed by atoms with Crippen LogP contribution >= 0.6 is 0 Å². The summed E-state index contributed by atoms with van der Waals surface area (Å²) in [5.41, 5.74) is 6.25. The summed E-state index contributed by atoms with van der Waals surface area (Å²) in [7, 11) is 0. The van der Waals surface area contributed by atoms with Crippen molar-refractivity contribution in [2.75, 3.05) is 0 Å². The number of pyridine rings is 3. The maximum absolute atomic E-state index is 4.63. The van der Waals surface area contributed by atoms with Crippen molar-refractivity contribution >= 4 is 63.8 Å². The molecule has 0 aliphatic carbocycles. The second-order valence-electron chi connectivity index (χ2n) is 11.2. The quantitative estimate of drug-likeness (QED) is 0.194. The first-order valence-electron chi connectivity index (χ1n) is 15.2. The van der Waals surface area contributed by atoms with Crippen molar-refractivity contribution in [1.29, 1.82) is 0 Å². The van der Waals surface area contributed by atoms with E-state index >= 15 is 0 Å². The van der Waals surface area contributed by atoms with Crippen LogP contribution in [0.5, 0.6) is 0 Å². The number of hydrogen-bond acceptors (Lipinski definition) is 3. The molecule has 6 heterocycles. The predicted octanol–water partition coefficient (Wildman–Crippen LogP) is 6.22. The molecule has 0 saturated carbocycles. The van der Waals surface area contributed by atoms with E-state index < -0.39 is 20.2 Å². The predicted molar refractivity (Wildman–Crippen MR) is 188 cm³/mol. The standard InChI is InChI=1S/3C13H9N2.Sb/c3*1-2-6-12(7-3-1)15-10-8-11-5-4-9-14-13(11)15;/h3*2-10H;. The van der Waals surface area contributed by atoms with Crippen molar-refractivity contribution in [3.8, 4) is 17.1 Å². The average molecular weight is 701 g/mol. The molecule has 9 rings (SSSR count). The second-order valence-corrected chi connectivity index (χ2v) is 17.5. The van der Waals surface area contributed by atoms with Crippen LogP contribution in [0.2, 0.25) is 0 Å². The third-order valence-electron chi connectivity index (χ3n) is 8.50. The molecule has 0 fully saturated rings. The Morgan fingerprint density at radius 1 is 0.348 bits per heavy atom. The molecule has 0 bridgehead atoms. The Morgan fingerprint density at radius 2 is 0.652 bits per heavy atom. The summed E-state index contributed by atoms with van der Waals surface area (Å²) in [6, 6.07) is 45.9. The Morgan fingerprint density at radius 3 is 0.957 bits per heavy atom. The first kappa shape index (κ1) is 26.9. The van der Waals surface area contributed by atoms with Crippen molar-refractivity contribution in [3.63, 3.8) is 0 Å². The van der Waals surface area contributed by atoms with Crippen molar-refractivity contribution < 1.29 is 0 Å². The molecule has 0 aliphatic heterocycles. The molecule has 7 heteroatoms. The number of rotatable bonds is 6. The molecule has 0 radical (unpaired) electrons. The van der Waals surface area contributed by atoms with Gasteiger partial charge < -0.3 is 0 Å². The minimum absolute atomic E-state index is 0.971.